The summed E-state index contributed by atoms with van der Waals surface area (Å²) in [5, 5.41) is 6.22. The fraction of sp³-hybridized carbons (Fsp3) is 0.0833. The number of pyridine rings is 2. The van der Waals surface area contributed by atoms with E-state index in [9.17, 15) is 0 Å². The lowest BCUT2D eigenvalue weighted by molar-refractivity contribution is 0.986. The molecule has 0 radical (unpaired) electrons. The molecule has 0 amide bonds. The Morgan fingerprint density at radius 2 is 1.10 bits per heavy atom. The molecular formula is C48H34N2. The first-order valence-corrected chi connectivity index (χ1v) is 17.7. The van der Waals surface area contributed by atoms with Crippen molar-refractivity contribution in [1.82, 2.24) is 9.97 Å². The fourth-order valence-corrected chi connectivity index (χ4v) is 8.10. The minimum atomic E-state index is 0.922. The van der Waals surface area contributed by atoms with Crippen molar-refractivity contribution in [2.75, 3.05) is 0 Å². The number of aromatic nitrogens is 2. The zero-order chi connectivity index (χ0) is 33.0. The first-order chi connectivity index (χ1) is 24.8. The zero-order valence-electron chi connectivity index (χ0n) is 27.7. The Labute approximate surface area is 292 Å². The van der Waals surface area contributed by atoms with Gasteiger partial charge in [-0.25, -0.2) is 0 Å². The molecule has 0 fully saturated rings. The molecule has 0 atom stereocenters. The van der Waals surface area contributed by atoms with Crippen LogP contribution in [-0.4, -0.2) is 9.97 Å². The fourth-order valence-electron chi connectivity index (χ4n) is 8.10. The Bertz CT molecular complexity index is 2690. The van der Waals surface area contributed by atoms with E-state index in [0.29, 0.717) is 0 Å². The van der Waals surface area contributed by atoms with Crippen molar-refractivity contribution in [1.29, 1.82) is 0 Å². The molecule has 2 aromatic heterocycles. The van der Waals surface area contributed by atoms with Crippen LogP contribution in [0.4, 0.5) is 0 Å². The molecule has 50 heavy (non-hydrogen) atoms. The molecule has 0 bridgehead atoms. The third-order valence-electron chi connectivity index (χ3n) is 10.6. The van der Waals surface area contributed by atoms with Crippen LogP contribution in [0.25, 0.3) is 89.2 Å². The number of fused-ring (bicyclic) bond motifs is 5. The molecule has 2 heteroatoms. The summed E-state index contributed by atoms with van der Waals surface area (Å²) in [7, 11) is 0. The number of hydrogen-bond donors (Lipinski definition) is 0. The van der Waals surface area contributed by atoms with Crippen LogP contribution in [0.1, 0.15) is 35.1 Å². The van der Waals surface area contributed by atoms with Crippen molar-refractivity contribution in [3.8, 4) is 44.6 Å². The molecule has 0 N–H and O–H groups in total. The van der Waals surface area contributed by atoms with E-state index in [0.717, 1.165) is 59.0 Å². The molecule has 0 spiro atoms. The average Bonchev–Trinajstić information content (AvgIpc) is 3.19. The Morgan fingerprint density at radius 1 is 0.420 bits per heavy atom. The highest BCUT2D eigenvalue weighted by atomic mass is 14.7. The number of benzene rings is 6. The van der Waals surface area contributed by atoms with E-state index in [1.165, 1.54) is 66.1 Å². The van der Waals surface area contributed by atoms with Crippen LogP contribution >= 0.6 is 0 Å². The molecule has 2 aliphatic carbocycles. The van der Waals surface area contributed by atoms with Gasteiger partial charge in [0.2, 0.25) is 0 Å². The van der Waals surface area contributed by atoms with Gasteiger partial charge in [0, 0.05) is 28.9 Å². The molecule has 10 rings (SSSR count). The van der Waals surface area contributed by atoms with Gasteiger partial charge >= 0.3 is 0 Å². The summed E-state index contributed by atoms with van der Waals surface area (Å²) >= 11 is 0. The minimum absolute atomic E-state index is 0.922. The summed E-state index contributed by atoms with van der Waals surface area (Å²) in [5.74, 6) is 0. The molecule has 2 aliphatic rings. The molecule has 0 aliphatic heterocycles. The lowest BCUT2D eigenvalue weighted by atomic mass is 9.83. The van der Waals surface area contributed by atoms with Gasteiger partial charge in [-0.05, 0) is 128 Å². The maximum atomic E-state index is 4.94. The molecule has 2 heterocycles. The Kier molecular flexibility index (Phi) is 6.80. The highest BCUT2D eigenvalue weighted by Gasteiger charge is 2.19. The second-order valence-corrected chi connectivity index (χ2v) is 13.6. The smallest absolute Gasteiger partial charge is 0.0718 e. The predicted octanol–water partition coefficient (Wildman–Crippen LogP) is 12.5. The highest BCUT2D eigenvalue weighted by molar-refractivity contribution is 6.22. The number of aryl methyl sites for hydroxylation is 2. The summed E-state index contributed by atoms with van der Waals surface area (Å²) in [5.41, 5.74) is 15.8. The van der Waals surface area contributed by atoms with Crippen LogP contribution < -0.4 is 0 Å². The van der Waals surface area contributed by atoms with Gasteiger partial charge < -0.3 is 0 Å². The lowest BCUT2D eigenvalue weighted by Gasteiger charge is -2.21. The van der Waals surface area contributed by atoms with E-state index in [-0.39, 0.29) is 0 Å². The van der Waals surface area contributed by atoms with Crippen LogP contribution in [0.15, 0.2) is 146 Å². The standard InChI is InChI=1S/C48H34N2/c1-3-11-33-25-37(19-17-31(33)9-1)47-41-14-6-7-15-42(41)48(38-20-18-32-10-2-4-12-34(32)26-38)44-28-35(21-23-43(44)47)39-22-24-46(49-29-39)40-27-36-13-5-8-16-45(36)50-30-40/h1,4-9,12-30H,2-3,10-11H2. The van der Waals surface area contributed by atoms with Crippen LogP contribution in [0, 0.1) is 0 Å². The Hall–Kier alpha value is -6.12. The van der Waals surface area contributed by atoms with E-state index < -0.39 is 0 Å². The van der Waals surface area contributed by atoms with Crippen LogP contribution in [0.3, 0.4) is 0 Å². The molecule has 2 nitrogen and oxygen atoms in total. The van der Waals surface area contributed by atoms with Crippen LogP contribution in [-0.2, 0) is 12.8 Å². The van der Waals surface area contributed by atoms with E-state index >= 15 is 0 Å². The Balaban J connectivity index is 1.18. The largest absolute Gasteiger partial charge is 0.256 e. The molecule has 236 valence electrons. The summed E-state index contributed by atoms with van der Waals surface area (Å²) in [6.07, 6.45) is 17.5. The summed E-state index contributed by atoms with van der Waals surface area (Å²) < 4.78 is 0. The lowest BCUT2D eigenvalue weighted by Crippen LogP contribution is -1.97. The van der Waals surface area contributed by atoms with E-state index in [4.69, 9.17) is 4.98 Å². The van der Waals surface area contributed by atoms with E-state index in [1.807, 2.05) is 24.5 Å². The normalized spacial score (nSPS) is 13.5. The van der Waals surface area contributed by atoms with Crippen molar-refractivity contribution in [2.45, 2.75) is 25.7 Å². The molecule has 0 unspecified atom stereocenters. The minimum Gasteiger partial charge on any atom is -0.256 e. The molecular weight excluding hydrogens is 605 g/mol. The van der Waals surface area contributed by atoms with Crippen molar-refractivity contribution in [3.63, 3.8) is 0 Å². The maximum Gasteiger partial charge on any atom is 0.0718 e. The van der Waals surface area contributed by atoms with Crippen LogP contribution in [0.5, 0.6) is 0 Å². The van der Waals surface area contributed by atoms with Crippen molar-refractivity contribution < 1.29 is 0 Å². The topological polar surface area (TPSA) is 25.8 Å². The van der Waals surface area contributed by atoms with Crippen LogP contribution in [0.2, 0.25) is 0 Å². The van der Waals surface area contributed by atoms with Crippen molar-refractivity contribution in [2.24, 2.45) is 0 Å². The third kappa shape index (κ3) is 4.87. The van der Waals surface area contributed by atoms with Gasteiger partial charge in [0.15, 0.2) is 0 Å². The Morgan fingerprint density at radius 3 is 1.96 bits per heavy atom. The number of nitrogens with zero attached hydrogens (tertiary/aromatic N) is 2. The average molecular weight is 639 g/mol. The summed E-state index contributed by atoms with van der Waals surface area (Å²) in [6, 6.07) is 44.8. The maximum absolute atomic E-state index is 4.94. The summed E-state index contributed by atoms with van der Waals surface area (Å²) in [6.45, 7) is 0. The van der Waals surface area contributed by atoms with E-state index in [2.05, 4.69) is 138 Å². The predicted molar refractivity (Wildman–Crippen MR) is 211 cm³/mol. The van der Waals surface area contributed by atoms with Gasteiger partial charge in [0.1, 0.15) is 0 Å². The number of allylic oxidation sites excluding steroid dienone is 2. The van der Waals surface area contributed by atoms with Crippen molar-refractivity contribution >= 4 is 44.6 Å². The summed E-state index contributed by atoms with van der Waals surface area (Å²) in [4.78, 5) is 9.62. The molecule has 8 aromatic rings. The monoisotopic (exact) mass is 638 g/mol. The third-order valence-corrected chi connectivity index (χ3v) is 10.6. The van der Waals surface area contributed by atoms with Gasteiger partial charge in [0.25, 0.3) is 0 Å². The quantitative estimate of drug-likeness (QED) is 0.179. The SMILES string of the molecule is C1=Cc2cc(-c3c4ccccc4c(-c4ccc5c(c4)CCC=C5)c4ccc(-c5ccc(-c6cnc7ccccc7c6)nc5)cc34)ccc2CC1. The molecule has 0 saturated heterocycles. The first kappa shape index (κ1) is 28.9. The first-order valence-electron chi connectivity index (χ1n) is 17.7. The van der Waals surface area contributed by atoms with Gasteiger partial charge in [0.05, 0.1) is 11.2 Å². The molecule has 0 saturated carbocycles. The second kappa shape index (κ2) is 11.8. The van der Waals surface area contributed by atoms with E-state index in [1.54, 1.807) is 0 Å². The number of hydrogen-bond acceptors (Lipinski definition) is 2. The highest BCUT2D eigenvalue weighted by Crippen LogP contribution is 2.46. The van der Waals surface area contributed by atoms with Crippen molar-refractivity contribution in [3.05, 3.63) is 168 Å². The zero-order valence-corrected chi connectivity index (χ0v) is 27.7. The second-order valence-electron chi connectivity index (χ2n) is 13.6. The number of rotatable bonds is 4. The molecule has 6 aromatic carbocycles. The van der Waals surface area contributed by atoms with Gasteiger partial charge in [-0.3, -0.25) is 9.97 Å². The number of para-hydroxylation sites is 1. The van der Waals surface area contributed by atoms with Gasteiger partial charge in [-0.2, -0.15) is 0 Å². The van der Waals surface area contributed by atoms with Gasteiger partial charge in [-0.1, -0.05) is 115 Å². The van der Waals surface area contributed by atoms with Gasteiger partial charge in [-0.15, -0.1) is 0 Å².